The Kier molecular flexibility index (Phi) is 3.61. The van der Waals surface area contributed by atoms with Crippen molar-refractivity contribution in [1.82, 2.24) is 15.0 Å². The van der Waals surface area contributed by atoms with Gasteiger partial charge in [-0.3, -0.25) is 4.79 Å². The molecule has 2 heterocycles. The van der Waals surface area contributed by atoms with Crippen molar-refractivity contribution in [3.05, 3.63) is 42.2 Å². The minimum Gasteiger partial charge on any atom is -0.368 e. The Labute approximate surface area is 115 Å². The van der Waals surface area contributed by atoms with Crippen LogP contribution in [0, 0.1) is 0 Å². The van der Waals surface area contributed by atoms with Gasteiger partial charge in [0, 0.05) is 11.5 Å². The van der Waals surface area contributed by atoms with Crippen LogP contribution in [0.5, 0.6) is 0 Å². The average Bonchev–Trinajstić information content (AvgIpc) is 2.98. The molecule has 1 unspecified atom stereocenters. The average molecular weight is 275 g/mol. The van der Waals surface area contributed by atoms with E-state index in [-0.39, 0.29) is 11.9 Å². The highest BCUT2D eigenvalue weighted by molar-refractivity contribution is 7.99. The van der Waals surface area contributed by atoms with Crippen LogP contribution in [-0.4, -0.2) is 45.0 Å². The largest absolute Gasteiger partial charge is 0.368 e. The molecule has 98 valence electrons. The number of Topliss-reactive ketones (excluding diaryl/α,β-unsaturated/α-hetero) is 1. The van der Waals surface area contributed by atoms with Gasteiger partial charge >= 0.3 is 0 Å². The molecule has 0 aliphatic carbocycles. The third-order valence-electron chi connectivity index (χ3n) is 2.91. The monoisotopic (exact) mass is 275 g/mol. The Bertz CT molecular complexity index is 564. The quantitative estimate of drug-likeness (QED) is 0.796. The van der Waals surface area contributed by atoms with E-state index in [4.69, 9.17) is 4.74 Å². The summed E-state index contributed by atoms with van der Waals surface area (Å²) in [7, 11) is 0. The molecule has 1 aliphatic heterocycles. The van der Waals surface area contributed by atoms with Crippen molar-refractivity contribution in [2.75, 3.05) is 18.1 Å². The Morgan fingerprint density at radius 2 is 2.21 bits per heavy atom. The van der Waals surface area contributed by atoms with Crippen molar-refractivity contribution in [2.45, 2.75) is 6.10 Å². The maximum Gasteiger partial charge on any atom is 0.212 e. The zero-order valence-electron chi connectivity index (χ0n) is 10.2. The second-order valence-electron chi connectivity index (χ2n) is 4.17. The fraction of sp³-hybridized carbons (Fsp3) is 0.308. The van der Waals surface area contributed by atoms with E-state index in [1.807, 2.05) is 30.3 Å². The van der Waals surface area contributed by atoms with Crippen LogP contribution >= 0.6 is 11.8 Å². The number of ether oxygens (including phenoxy) is 1. The fourth-order valence-corrected chi connectivity index (χ4v) is 2.81. The number of aromatic nitrogens is 3. The van der Waals surface area contributed by atoms with E-state index in [0.29, 0.717) is 18.1 Å². The minimum atomic E-state index is -0.389. The van der Waals surface area contributed by atoms with Gasteiger partial charge in [-0.1, -0.05) is 23.4 Å². The summed E-state index contributed by atoms with van der Waals surface area (Å²) in [6.07, 6.45) is 1.11. The van der Waals surface area contributed by atoms with Crippen LogP contribution < -0.4 is 0 Å². The molecule has 1 saturated heterocycles. The molecule has 1 aliphatic rings. The molecular weight excluding hydrogens is 262 g/mol. The zero-order valence-corrected chi connectivity index (χ0v) is 11.0. The molecule has 0 N–H and O–H groups in total. The molecule has 0 saturated carbocycles. The lowest BCUT2D eigenvalue weighted by Gasteiger charge is -2.20. The maximum absolute atomic E-state index is 12.4. The zero-order chi connectivity index (χ0) is 13.1. The van der Waals surface area contributed by atoms with E-state index in [2.05, 4.69) is 10.3 Å². The maximum atomic E-state index is 12.4. The van der Waals surface area contributed by atoms with Crippen LogP contribution in [0.3, 0.4) is 0 Å². The molecule has 0 bridgehead atoms. The minimum absolute atomic E-state index is 0.0546. The fourth-order valence-electron chi connectivity index (χ4n) is 1.97. The number of hydrogen-bond acceptors (Lipinski definition) is 5. The highest BCUT2D eigenvalue weighted by atomic mass is 32.2. The molecule has 0 spiro atoms. The molecule has 1 atom stereocenters. The van der Waals surface area contributed by atoms with Crippen molar-refractivity contribution in [3.8, 4) is 5.69 Å². The van der Waals surface area contributed by atoms with E-state index in [0.717, 1.165) is 11.4 Å². The molecule has 3 rings (SSSR count). The molecule has 5 nitrogen and oxygen atoms in total. The Hall–Kier alpha value is -1.66. The van der Waals surface area contributed by atoms with Crippen LogP contribution in [0.2, 0.25) is 0 Å². The van der Waals surface area contributed by atoms with Crippen molar-refractivity contribution in [3.63, 3.8) is 0 Å². The Morgan fingerprint density at radius 1 is 1.37 bits per heavy atom. The van der Waals surface area contributed by atoms with E-state index >= 15 is 0 Å². The van der Waals surface area contributed by atoms with Crippen LogP contribution in [0.15, 0.2) is 36.5 Å². The summed E-state index contributed by atoms with van der Waals surface area (Å²) in [5.41, 5.74) is 1.30. The van der Waals surface area contributed by atoms with E-state index in [1.54, 1.807) is 16.4 Å². The highest BCUT2D eigenvalue weighted by Crippen LogP contribution is 2.18. The van der Waals surface area contributed by atoms with Crippen molar-refractivity contribution in [1.29, 1.82) is 0 Å². The molecule has 6 heteroatoms. The van der Waals surface area contributed by atoms with Crippen molar-refractivity contribution < 1.29 is 9.53 Å². The number of nitrogens with zero attached hydrogens (tertiary/aromatic N) is 3. The second-order valence-corrected chi connectivity index (χ2v) is 5.32. The van der Waals surface area contributed by atoms with Gasteiger partial charge in [-0.25, -0.2) is 4.68 Å². The van der Waals surface area contributed by atoms with Gasteiger partial charge in [-0.15, -0.1) is 5.10 Å². The van der Waals surface area contributed by atoms with Crippen LogP contribution in [-0.2, 0) is 4.74 Å². The number of para-hydroxylation sites is 1. The van der Waals surface area contributed by atoms with Crippen molar-refractivity contribution in [2.24, 2.45) is 0 Å². The number of ketones is 1. The summed E-state index contributed by atoms with van der Waals surface area (Å²) < 4.78 is 7.08. The summed E-state index contributed by atoms with van der Waals surface area (Å²) in [6, 6.07) is 9.50. The van der Waals surface area contributed by atoms with E-state index in [1.165, 1.54) is 6.20 Å². The lowest BCUT2D eigenvalue weighted by atomic mass is 10.2. The van der Waals surface area contributed by atoms with Gasteiger partial charge in [0.1, 0.15) is 11.8 Å². The smallest absolute Gasteiger partial charge is 0.212 e. The molecule has 1 aromatic heterocycles. The van der Waals surface area contributed by atoms with Gasteiger partial charge in [-0.2, -0.15) is 11.8 Å². The Morgan fingerprint density at radius 3 is 2.95 bits per heavy atom. The normalized spacial score (nSPS) is 19.3. The lowest BCUT2D eigenvalue weighted by Crippen LogP contribution is -2.32. The topological polar surface area (TPSA) is 57.0 Å². The number of hydrogen-bond donors (Lipinski definition) is 0. The SMILES string of the molecule is O=C(c1cnnn1-c1ccccc1)C1CSCCO1. The molecule has 0 radical (unpaired) electrons. The first-order valence-corrected chi connectivity index (χ1v) is 7.21. The van der Waals surface area contributed by atoms with Gasteiger partial charge in [0.2, 0.25) is 5.78 Å². The van der Waals surface area contributed by atoms with Crippen LogP contribution in [0.25, 0.3) is 5.69 Å². The summed E-state index contributed by atoms with van der Waals surface area (Å²) in [5, 5.41) is 7.83. The molecule has 2 aromatic rings. The van der Waals surface area contributed by atoms with Gasteiger partial charge in [0.05, 0.1) is 18.5 Å². The number of carbonyl (C=O) groups excluding carboxylic acids is 1. The Balaban J connectivity index is 1.89. The first kappa shape index (κ1) is 12.4. The lowest BCUT2D eigenvalue weighted by molar-refractivity contribution is 0.0511. The van der Waals surface area contributed by atoms with Crippen LogP contribution in [0.1, 0.15) is 10.5 Å². The van der Waals surface area contributed by atoms with E-state index < -0.39 is 0 Å². The van der Waals surface area contributed by atoms with Gasteiger partial charge in [-0.05, 0) is 12.1 Å². The highest BCUT2D eigenvalue weighted by Gasteiger charge is 2.27. The van der Waals surface area contributed by atoms with Gasteiger partial charge in [0.25, 0.3) is 0 Å². The molecule has 1 aromatic carbocycles. The third-order valence-corrected chi connectivity index (χ3v) is 3.90. The summed E-state index contributed by atoms with van der Waals surface area (Å²) in [6.45, 7) is 0.619. The summed E-state index contributed by atoms with van der Waals surface area (Å²) >= 11 is 1.73. The van der Waals surface area contributed by atoms with Gasteiger partial charge < -0.3 is 4.74 Å². The molecule has 0 amide bonds. The second kappa shape index (κ2) is 5.54. The first-order valence-electron chi connectivity index (χ1n) is 6.06. The predicted molar refractivity (Wildman–Crippen MR) is 72.8 cm³/mol. The van der Waals surface area contributed by atoms with Gasteiger partial charge in [0.15, 0.2) is 0 Å². The number of thioether (sulfide) groups is 1. The van der Waals surface area contributed by atoms with Crippen molar-refractivity contribution >= 4 is 17.5 Å². The summed E-state index contributed by atoms with van der Waals surface area (Å²) in [4.78, 5) is 12.4. The molecular formula is C13H13N3O2S. The summed E-state index contributed by atoms with van der Waals surface area (Å²) in [5.74, 6) is 1.58. The number of rotatable bonds is 3. The number of benzene rings is 1. The number of carbonyl (C=O) groups is 1. The third kappa shape index (κ3) is 2.54. The predicted octanol–water partition coefficient (Wildman–Crippen LogP) is 1.58. The van der Waals surface area contributed by atoms with Crippen LogP contribution in [0.4, 0.5) is 0 Å². The molecule has 1 fully saturated rings. The van der Waals surface area contributed by atoms with E-state index in [9.17, 15) is 4.79 Å². The molecule has 19 heavy (non-hydrogen) atoms. The standard InChI is InChI=1S/C13H13N3O2S/c17-13(12-9-19-7-6-18-12)11-8-14-15-16(11)10-4-2-1-3-5-10/h1-5,8,12H,6-7,9H2. The first-order chi connectivity index (χ1) is 9.36.